The molecule has 0 unspecified atom stereocenters. The third-order valence-electron chi connectivity index (χ3n) is 4.14. The van der Waals surface area contributed by atoms with E-state index in [0.717, 1.165) is 38.4 Å². The van der Waals surface area contributed by atoms with Crippen LogP contribution in [0.25, 0.3) is 0 Å². The van der Waals surface area contributed by atoms with Crippen molar-refractivity contribution in [3.63, 3.8) is 0 Å². The molecule has 2 heterocycles. The van der Waals surface area contributed by atoms with Crippen molar-refractivity contribution in [1.82, 2.24) is 14.8 Å². The molecule has 0 saturated carbocycles. The molecule has 0 atom stereocenters. The Bertz CT molecular complexity index is 696. The Hall–Kier alpha value is -2.31. The molecule has 5 nitrogen and oxygen atoms in total. The van der Waals surface area contributed by atoms with E-state index in [9.17, 15) is 9.18 Å². The molecule has 1 aromatic heterocycles. The van der Waals surface area contributed by atoms with E-state index in [4.69, 9.17) is 0 Å². The van der Waals surface area contributed by atoms with Crippen LogP contribution in [0.2, 0.25) is 0 Å². The highest BCUT2D eigenvalue weighted by atomic mass is 19.1. The van der Waals surface area contributed by atoms with Crippen LogP contribution < -0.4 is 5.32 Å². The number of likely N-dealkylation sites (N-methyl/N-ethyl adjacent to an activating group) is 1. The Morgan fingerprint density at radius 2 is 1.83 bits per heavy atom. The predicted molar refractivity (Wildman–Crippen MR) is 91.4 cm³/mol. The number of nitrogens with zero attached hydrogens (tertiary/aromatic N) is 3. The van der Waals surface area contributed by atoms with Crippen LogP contribution in [0.5, 0.6) is 0 Å². The fourth-order valence-corrected chi connectivity index (χ4v) is 2.66. The lowest BCUT2D eigenvalue weighted by atomic mass is 10.2. The molecule has 1 fully saturated rings. The minimum Gasteiger partial charge on any atom is -0.307 e. The van der Waals surface area contributed by atoms with Gasteiger partial charge in [0, 0.05) is 38.3 Å². The van der Waals surface area contributed by atoms with E-state index < -0.39 is 0 Å². The predicted octanol–water partition coefficient (Wildman–Crippen LogP) is 2.22. The van der Waals surface area contributed by atoms with E-state index in [1.807, 2.05) is 12.1 Å². The summed E-state index contributed by atoms with van der Waals surface area (Å²) in [5, 5.41) is 2.76. The standard InChI is InChI=1S/C18H21FN4O/c1-22-9-11-23(12-10-22)13-16-3-2-4-17(20-16)21-18(24)14-5-7-15(19)8-6-14/h2-8H,9-13H2,1H3,(H,20,21,24). The molecule has 0 bridgehead atoms. The molecular weight excluding hydrogens is 307 g/mol. The Labute approximate surface area is 141 Å². The van der Waals surface area contributed by atoms with Gasteiger partial charge < -0.3 is 10.2 Å². The van der Waals surface area contributed by atoms with Gasteiger partial charge in [-0.05, 0) is 43.4 Å². The fourth-order valence-electron chi connectivity index (χ4n) is 2.66. The number of piperazine rings is 1. The lowest BCUT2D eigenvalue weighted by molar-refractivity contribution is 0.102. The summed E-state index contributed by atoms with van der Waals surface area (Å²) in [4.78, 5) is 21.3. The SMILES string of the molecule is CN1CCN(Cc2cccc(NC(=O)c3ccc(F)cc3)n2)CC1. The van der Waals surface area contributed by atoms with Crippen molar-refractivity contribution in [1.29, 1.82) is 0 Å². The largest absolute Gasteiger partial charge is 0.307 e. The number of aromatic nitrogens is 1. The number of amides is 1. The number of rotatable bonds is 4. The number of nitrogens with one attached hydrogen (secondary N) is 1. The average Bonchev–Trinajstić information content (AvgIpc) is 2.58. The van der Waals surface area contributed by atoms with Crippen LogP contribution in [0.15, 0.2) is 42.5 Å². The summed E-state index contributed by atoms with van der Waals surface area (Å²) in [6, 6.07) is 11.1. The van der Waals surface area contributed by atoms with Crippen LogP contribution in [-0.2, 0) is 6.54 Å². The molecule has 1 aliphatic rings. The summed E-state index contributed by atoms with van der Waals surface area (Å²) in [6.45, 7) is 4.92. The van der Waals surface area contributed by atoms with Crippen molar-refractivity contribution >= 4 is 11.7 Å². The van der Waals surface area contributed by atoms with Crippen molar-refractivity contribution in [2.24, 2.45) is 0 Å². The summed E-state index contributed by atoms with van der Waals surface area (Å²) >= 11 is 0. The zero-order valence-corrected chi connectivity index (χ0v) is 13.7. The van der Waals surface area contributed by atoms with Gasteiger partial charge in [-0.1, -0.05) is 6.07 Å². The summed E-state index contributed by atoms with van der Waals surface area (Å²) < 4.78 is 12.9. The molecule has 2 aromatic rings. The van der Waals surface area contributed by atoms with Crippen LogP contribution in [-0.4, -0.2) is 53.9 Å². The molecule has 6 heteroatoms. The highest BCUT2D eigenvalue weighted by Gasteiger charge is 2.15. The molecular formula is C18H21FN4O. The van der Waals surface area contributed by atoms with Gasteiger partial charge in [-0.15, -0.1) is 0 Å². The summed E-state index contributed by atoms with van der Waals surface area (Å²) in [6.07, 6.45) is 0. The Morgan fingerprint density at radius 3 is 2.54 bits per heavy atom. The molecule has 1 amide bonds. The number of carbonyl (C=O) groups is 1. The number of pyridine rings is 1. The molecule has 0 aliphatic carbocycles. The van der Waals surface area contributed by atoms with Gasteiger partial charge in [0.05, 0.1) is 5.69 Å². The first kappa shape index (κ1) is 16.5. The normalized spacial score (nSPS) is 16.1. The minimum atomic E-state index is -0.362. The Kier molecular flexibility index (Phi) is 5.17. The van der Waals surface area contributed by atoms with E-state index >= 15 is 0 Å². The number of anilines is 1. The van der Waals surface area contributed by atoms with E-state index in [1.54, 1.807) is 6.07 Å². The van der Waals surface area contributed by atoms with Gasteiger partial charge in [0.1, 0.15) is 11.6 Å². The maximum Gasteiger partial charge on any atom is 0.256 e. The van der Waals surface area contributed by atoms with Crippen molar-refractivity contribution in [2.45, 2.75) is 6.54 Å². The van der Waals surface area contributed by atoms with E-state index in [1.165, 1.54) is 24.3 Å². The minimum absolute atomic E-state index is 0.292. The Balaban J connectivity index is 1.62. The van der Waals surface area contributed by atoms with Crippen molar-refractivity contribution in [2.75, 3.05) is 38.5 Å². The highest BCUT2D eigenvalue weighted by molar-refractivity contribution is 6.03. The van der Waals surface area contributed by atoms with Gasteiger partial charge in [0.15, 0.2) is 0 Å². The van der Waals surface area contributed by atoms with Gasteiger partial charge in [-0.2, -0.15) is 0 Å². The second kappa shape index (κ2) is 7.51. The van der Waals surface area contributed by atoms with Gasteiger partial charge >= 0.3 is 0 Å². The van der Waals surface area contributed by atoms with Crippen LogP contribution in [0, 0.1) is 5.82 Å². The number of halogens is 1. The van der Waals surface area contributed by atoms with Crippen molar-refractivity contribution < 1.29 is 9.18 Å². The maximum atomic E-state index is 12.9. The van der Waals surface area contributed by atoms with Gasteiger partial charge in [-0.3, -0.25) is 9.69 Å². The quantitative estimate of drug-likeness (QED) is 0.935. The number of benzene rings is 1. The maximum absolute atomic E-state index is 12.9. The molecule has 0 spiro atoms. The zero-order valence-electron chi connectivity index (χ0n) is 13.7. The smallest absolute Gasteiger partial charge is 0.256 e. The van der Waals surface area contributed by atoms with Crippen LogP contribution in [0.1, 0.15) is 16.1 Å². The van der Waals surface area contributed by atoms with Gasteiger partial charge in [0.25, 0.3) is 5.91 Å². The summed E-state index contributed by atoms with van der Waals surface area (Å²) in [7, 11) is 2.13. The van der Waals surface area contributed by atoms with Gasteiger partial charge in [0.2, 0.25) is 0 Å². The van der Waals surface area contributed by atoms with Crippen molar-refractivity contribution in [3.8, 4) is 0 Å². The van der Waals surface area contributed by atoms with Crippen molar-refractivity contribution in [3.05, 3.63) is 59.5 Å². The number of hydrogen-bond acceptors (Lipinski definition) is 4. The molecule has 1 aliphatic heterocycles. The molecule has 0 radical (unpaired) electrons. The summed E-state index contributed by atoms with van der Waals surface area (Å²) in [5.41, 5.74) is 1.33. The molecule has 24 heavy (non-hydrogen) atoms. The molecule has 3 rings (SSSR count). The first-order valence-corrected chi connectivity index (χ1v) is 8.04. The van der Waals surface area contributed by atoms with Crippen LogP contribution in [0.4, 0.5) is 10.2 Å². The topological polar surface area (TPSA) is 48.5 Å². The zero-order chi connectivity index (χ0) is 16.9. The first-order valence-electron chi connectivity index (χ1n) is 8.04. The number of carbonyl (C=O) groups excluding carboxylic acids is 1. The third kappa shape index (κ3) is 4.37. The van der Waals surface area contributed by atoms with Crippen LogP contribution in [0.3, 0.4) is 0 Å². The second-order valence-corrected chi connectivity index (χ2v) is 6.05. The molecule has 126 valence electrons. The lowest BCUT2D eigenvalue weighted by Crippen LogP contribution is -2.44. The van der Waals surface area contributed by atoms with Gasteiger partial charge in [-0.25, -0.2) is 9.37 Å². The second-order valence-electron chi connectivity index (χ2n) is 6.05. The molecule has 1 N–H and O–H groups in total. The first-order chi connectivity index (χ1) is 11.6. The van der Waals surface area contributed by atoms with E-state index in [0.29, 0.717) is 11.4 Å². The molecule has 1 aromatic carbocycles. The molecule has 1 saturated heterocycles. The van der Waals surface area contributed by atoms with E-state index in [2.05, 4.69) is 27.1 Å². The third-order valence-corrected chi connectivity index (χ3v) is 4.14. The summed E-state index contributed by atoms with van der Waals surface area (Å²) in [5.74, 6) is -0.144. The average molecular weight is 328 g/mol. The lowest BCUT2D eigenvalue weighted by Gasteiger charge is -2.32. The van der Waals surface area contributed by atoms with E-state index in [-0.39, 0.29) is 11.7 Å². The highest BCUT2D eigenvalue weighted by Crippen LogP contribution is 2.11. The van der Waals surface area contributed by atoms with Crippen LogP contribution >= 0.6 is 0 Å². The number of hydrogen-bond donors (Lipinski definition) is 1. The Morgan fingerprint density at radius 1 is 1.12 bits per heavy atom. The fraction of sp³-hybridized carbons (Fsp3) is 0.333. The monoisotopic (exact) mass is 328 g/mol.